The number of anilines is 2. The van der Waals surface area contributed by atoms with Gasteiger partial charge in [-0.15, -0.1) is 11.3 Å². The van der Waals surface area contributed by atoms with Gasteiger partial charge in [0.05, 0.1) is 22.0 Å². The molecule has 1 aromatic heterocycles. The highest BCUT2D eigenvalue weighted by Gasteiger charge is 2.22. The molecule has 3 nitrogen and oxygen atoms in total. The monoisotopic (exact) mass is 354 g/mol. The number of aryl methyl sites for hydroxylation is 1. The molecule has 102 valence electrons. The van der Waals surface area contributed by atoms with Crippen LogP contribution in [-0.4, -0.2) is 8.76 Å². The van der Waals surface area contributed by atoms with E-state index in [0.717, 1.165) is 21.2 Å². The summed E-state index contributed by atoms with van der Waals surface area (Å²) in [5.74, 6) is 0. The summed E-state index contributed by atoms with van der Waals surface area (Å²) in [6.07, 6.45) is 0. The highest BCUT2D eigenvalue weighted by atomic mass is 35.5. The van der Waals surface area contributed by atoms with Gasteiger partial charge >= 0.3 is 0 Å². The van der Waals surface area contributed by atoms with Crippen LogP contribution in [0, 0.1) is 6.92 Å². The molecule has 19 heavy (non-hydrogen) atoms. The fraction of sp³-hybridized carbons (Fsp3) is 0.0909. The molecule has 1 aromatic carbocycles. The van der Waals surface area contributed by atoms with E-state index in [9.17, 15) is 8.76 Å². The zero-order chi connectivity index (χ0) is 14.2. The lowest BCUT2D eigenvalue weighted by atomic mass is 10.2. The average molecular weight is 356 g/mol. The second kappa shape index (κ2) is 5.99. The summed E-state index contributed by atoms with van der Waals surface area (Å²) in [6, 6.07) is 6.93. The predicted octanol–water partition coefficient (Wildman–Crippen LogP) is 4.95. The largest absolute Gasteiger partial charge is 0.755 e. The van der Waals surface area contributed by atoms with Crippen LogP contribution >= 0.6 is 46.1 Å². The van der Waals surface area contributed by atoms with E-state index in [1.165, 1.54) is 0 Å². The maximum absolute atomic E-state index is 11.5. The first-order chi connectivity index (χ1) is 8.91. The molecule has 0 saturated heterocycles. The van der Waals surface area contributed by atoms with Gasteiger partial charge in [-0.25, -0.2) is 0 Å². The van der Waals surface area contributed by atoms with Crippen LogP contribution in [0.25, 0.3) is 0 Å². The molecule has 0 amide bonds. The Labute approximate surface area is 132 Å². The standard InChI is InChI=1S/C11H8Cl3NO2S2/c1-6-2-4-7(5-3-6)15(19(16)17)9-8(12)10(13)18-11(9)14/h2-5H,1H3,(H,16,17)/p-1. The van der Waals surface area contributed by atoms with Crippen LogP contribution in [0.2, 0.25) is 13.7 Å². The van der Waals surface area contributed by atoms with E-state index in [0.29, 0.717) is 5.69 Å². The number of halogens is 3. The van der Waals surface area contributed by atoms with Gasteiger partial charge in [-0.3, -0.25) is 8.51 Å². The quantitative estimate of drug-likeness (QED) is 0.731. The van der Waals surface area contributed by atoms with E-state index in [2.05, 4.69) is 0 Å². The summed E-state index contributed by atoms with van der Waals surface area (Å²) >= 11 is 16.4. The van der Waals surface area contributed by atoms with Gasteiger partial charge in [0.15, 0.2) is 0 Å². The normalized spacial score (nSPS) is 12.5. The molecule has 0 aliphatic carbocycles. The fourth-order valence-corrected chi connectivity index (χ4v) is 4.16. The molecule has 0 spiro atoms. The first-order valence-electron chi connectivity index (χ1n) is 5.01. The van der Waals surface area contributed by atoms with Gasteiger partial charge in [0.2, 0.25) is 0 Å². The number of rotatable bonds is 3. The van der Waals surface area contributed by atoms with Gasteiger partial charge < -0.3 is 4.55 Å². The lowest BCUT2D eigenvalue weighted by Gasteiger charge is -2.26. The highest BCUT2D eigenvalue weighted by Crippen LogP contribution is 2.48. The summed E-state index contributed by atoms with van der Waals surface area (Å²) in [7, 11) is 0. The number of benzene rings is 1. The number of thiophene rings is 1. The van der Waals surface area contributed by atoms with E-state index < -0.39 is 11.3 Å². The highest BCUT2D eigenvalue weighted by molar-refractivity contribution is 7.81. The van der Waals surface area contributed by atoms with Crippen molar-refractivity contribution >= 4 is 68.8 Å². The maximum Gasteiger partial charge on any atom is 0.121 e. The number of hydrogen-bond acceptors (Lipinski definition) is 3. The Morgan fingerprint density at radius 2 is 1.74 bits per heavy atom. The maximum atomic E-state index is 11.5. The van der Waals surface area contributed by atoms with Crippen molar-refractivity contribution in [2.24, 2.45) is 0 Å². The van der Waals surface area contributed by atoms with Crippen LogP contribution in [0.3, 0.4) is 0 Å². The molecule has 0 bridgehead atoms. The summed E-state index contributed by atoms with van der Waals surface area (Å²) in [6.45, 7) is 1.91. The lowest BCUT2D eigenvalue weighted by molar-refractivity contribution is 0.537. The summed E-state index contributed by atoms with van der Waals surface area (Å²) < 4.78 is 24.4. The van der Waals surface area contributed by atoms with Gasteiger partial charge in [0.25, 0.3) is 0 Å². The SMILES string of the molecule is Cc1ccc(N(c2c(Cl)sc(Cl)c2Cl)S(=O)[O-])cc1. The molecule has 2 rings (SSSR count). The van der Waals surface area contributed by atoms with Gasteiger partial charge in [-0.2, -0.15) is 0 Å². The molecule has 1 unspecified atom stereocenters. The molecule has 0 fully saturated rings. The summed E-state index contributed by atoms with van der Waals surface area (Å²) in [4.78, 5) is 0. The number of hydrogen-bond donors (Lipinski definition) is 0. The first-order valence-corrected chi connectivity index (χ1v) is 7.99. The molecule has 0 radical (unpaired) electrons. The van der Waals surface area contributed by atoms with Gasteiger partial charge in [0.1, 0.15) is 14.4 Å². The van der Waals surface area contributed by atoms with Gasteiger partial charge in [0, 0.05) is 0 Å². The molecule has 0 saturated carbocycles. The molecular formula is C11H7Cl3NO2S2-. The van der Waals surface area contributed by atoms with Crippen molar-refractivity contribution in [3.63, 3.8) is 0 Å². The third kappa shape index (κ3) is 3.07. The van der Waals surface area contributed by atoms with Crippen LogP contribution in [0.5, 0.6) is 0 Å². The van der Waals surface area contributed by atoms with Crippen LogP contribution < -0.4 is 4.31 Å². The Balaban J connectivity index is 2.58. The molecule has 1 atom stereocenters. The lowest BCUT2D eigenvalue weighted by Crippen LogP contribution is -2.19. The second-order valence-corrected chi connectivity index (χ2v) is 7.06. The van der Waals surface area contributed by atoms with Crippen molar-refractivity contribution < 1.29 is 8.76 Å². The summed E-state index contributed by atoms with van der Waals surface area (Å²) in [5.41, 5.74) is 1.63. The fourth-order valence-electron chi connectivity index (χ4n) is 1.49. The van der Waals surface area contributed by atoms with E-state index in [-0.39, 0.29) is 19.4 Å². The minimum Gasteiger partial charge on any atom is -0.755 e. The average Bonchev–Trinajstić information content (AvgIpc) is 2.58. The Bertz CT molecular complexity index is 628. The Kier molecular flexibility index (Phi) is 4.76. The van der Waals surface area contributed by atoms with Crippen molar-refractivity contribution in [2.75, 3.05) is 4.31 Å². The van der Waals surface area contributed by atoms with E-state index >= 15 is 0 Å². The minimum atomic E-state index is -2.56. The van der Waals surface area contributed by atoms with Crippen LogP contribution in [0.15, 0.2) is 24.3 Å². The van der Waals surface area contributed by atoms with Gasteiger partial charge in [-0.1, -0.05) is 52.5 Å². The molecular weight excluding hydrogens is 349 g/mol. The van der Waals surface area contributed by atoms with Crippen molar-refractivity contribution in [2.45, 2.75) is 6.92 Å². The molecule has 2 aromatic rings. The zero-order valence-electron chi connectivity index (χ0n) is 9.52. The van der Waals surface area contributed by atoms with Crippen molar-refractivity contribution in [1.29, 1.82) is 0 Å². The Morgan fingerprint density at radius 3 is 2.16 bits per heavy atom. The van der Waals surface area contributed by atoms with Crippen molar-refractivity contribution in [3.8, 4) is 0 Å². The van der Waals surface area contributed by atoms with Gasteiger partial charge in [-0.05, 0) is 19.1 Å². The van der Waals surface area contributed by atoms with Crippen LogP contribution in [0.4, 0.5) is 11.4 Å². The van der Waals surface area contributed by atoms with Crippen molar-refractivity contribution in [3.05, 3.63) is 43.5 Å². The Morgan fingerprint density at radius 1 is 1.16 bits per heavy atom. The second-order valence-electron chi connectivity index (χ2n) is 3.66. The first kappa shape index (κ1) is 15.1. The molecule has 0 aliphatic rings. The predicted molar refractivity (Wildman–Crippen MR) is 81.6 cm³/mol. The van der Waals surface area contributed by atoms with Crippen molar-refractivity contribution in [1.82, 2.24) is 0 Å². The van der Waals surface area contributed by atoms with E-state index in [1.54, 1.807) is 24.3 Å². The topological polar surface area (TPSA) is 43.4 Å². The molecule has 1 heterocycles. The smallest absolute Gasteiger partial charge is 0.121 e. The number of nitrogens with zero attached hydrogens (tertiary/aromatic N) is 1. The third-order valence-electron chi connectivity index (χ3n) is 2.37. The van der Waals surface area contributed by atoms with Crippen LogP contribution in [0.1, 0.15) is 5.56 Å². The minimum absolute atomic E-state index is 0.126. The van der Waals surface area contributed by atoms with E-state index in [1.807, 2.05) is 6.92 Å². The molecule has 0 aliphatic heterocycles. The zero-order valence-corrected chi connectivity index (χ0v) is 13.4. The molecule has 8 heteroatoms. The molecule has 0 N–H and O–H groups in total. The third-order valence-corrected chi connectivity index (χ3v) is 5.22. The summed E-state index contributed by atoms with van der Waals surface area (Å²) in [5, 5.41) is 0.126. The van der Waals surface area contributed by atoms with E-state index in [4.69, 9.17) is 34.8 Å². The van der Waals surface area contributed by atoms with Crippen LogP contribution in [-0.2, 0) is 11.3 Å². The Hall–Kier alpha value is -0.300.